The Morgan fingerprint density at radius 2 is 1.76 bits per heavy atom. The Morgan fingerprint density at radius 3 is 2.33 bits per heavy atom. The summed E-state index contributed by atoms with van der Waals surface area (Å²) in [5.41, 5.74) is 1.32. The topological polar surface area (TPSA) is 82.0 Å². The average Bonchev–Trinajstić information content (AvgIpc) is 2.53. The average molecular weight is 283 g/mol. The van der Waals surface area contributed by atoms with Crippen LogP contribution in [0, 0.1) is 11.3 Å². The second-order valence-electron chi connectivity index (χ2n) is 5.02. The molecule has 2 aromatic rings. The third kappa shape index (κ3) is 3.11. The first-order chi connectivity index (χ1) is 10.1. The molecule has 5 heteroatoms. The lowest BCUT2D eigenvalue weighted by atomic mass is 10.1. The van der Waals surface area contributed by atoms with Crippen LogP contribution in [0.2, 0.25) is 0 Å². The Morgan fingerprint density at radius 1 is 1.14 bits per heavy atom. The van der Waals surface area contributed by atoms with Crippen LogP contribution in [0.15, 0.2) is 33.9 Å². The molecule has 0 aliphatic carbocycles. The van der Waals surface area contributed by atoms with Crippen LogP contribution >= 0.6 is 0 Å². The molecule has 2 rings (SSSR count). The zero-order valence-corrected chi connectivity index (χ0v) is 12.1. The number of hydrogen-bond donors (Lipinski definition) is 2. The van der Waals surface area contributed by atoms with Gasteiger partial charge in [0.25, 0.3) is 10.9 Å². The molecule has 0 bridgehead atoms. The van der Waals surface area contributed by atoms with E-state index in [1.54, 1.807) is 12.1 Å². The highest BCUT2D eigenvalue weighted by Gasteiger charge is 2.21. The van der Waals surface area contributed by atoms with E-state index in [4.69, 9.17) is 5.26 Å². The van der Waals surface area contributed by atoms with Gasteiger partial charge in [-0.1, -0.05) is 19.1 Å². The van der Waals surface area contributed by atoms with Crippen LogP contribution < -0.4 is 21.5 Å². The fourth-order valence-electron chi connectivity index (χ4n) is 1.93. The second-order valence-corrected chi connectivity index (χ2v) is 5.02. The predicted molar refractivity (Wildman–Crippen MR) is 83.2 cm³/mol. The van der Waals surface area contributed by atoms with Crippen molar-refractivity contribution in [2.24, 2.45) is 0 Å². The molecule has 0 saturated heterocycles. The van der Waals surface area contributed by atoms with E-state index in [0.29, 0.717) is 23.5 Å². The van der Waals surface area contributed by atoms with E-state index in [0.717, 1.165) is 12.0 Å². The molecule has 0 radical (unpaired) electrons. The van der Waals surface area contributed by atoms with Crippen molar-refractivity contribution in [1.82, 2.24) is 0 Å². The summed E-state index contributed by atoms with van der Waals surface area (Å²) in [6.45, 7) is 4.40. The number of nitriles is 1. The largest absolute Gasteiger partial charge is 0.378 e. The first-order valence-electron chi connectivity index (χ1n) is 6.89. The number of nitrogens with zero attached hydrogens (tertiary/aromatic N) is 1. The molecule has 0 heterocycles. The summed E-state index contributed by atoms with van der Waals surface area (Å²) in [5, 5.41) is 14.8. The lowest BCUT2D eigenvalue weighted by Gasteiger charge is -2.18. The Kier molecular flexibility index (Phi) is 4.39. The van der Waals surface area contributed by atoms with Crippen LogP contribution in [-0.4, -0.2) is 6.04 Å². The van der Waals surface area contributed by atoms with Crippen molar-refractivity contribution in [3.63, 3.8) is 0 Å². The fraction of sp³-hybridized carbons (Fsp3) is 0.312. The second kappa shape index (κ2) is 6.23. The highest BCUT2D eigenvalue weighted by molar-refractivity contribution is 5.74. The van der Waals surface area contributed by atoms with Gasteiger partial charge >= 0.3 is 0 Å². The van der Waals surface area contributed by atoms with Gasteiger partial charge in [0, 0.05) is 12.6 Å². The lowest BCUT2D eigenvalue weighted by molar-refractivity contribution is 0.761. The van der Waals surface area contributed by atoms with Gasteiger partial charge in [-0.2, -0.15) is 5.26 Å². The molecule has 5 nitrogen and oxygen atoms in total. The summed E-state index contributed by atoms with van der Waals surface area (Å²) < 4.78 is 0. The Labute approximate surface area is 122 Å². The number of nitrogens with one attached hydrogen (secondary N) is 2. The van der Waals surface area contributed by atoms with Crippen LogP contribution in [-0.2, 0) is 6.54 Å². The van der Waals surface area contributed by atoms with Crippen LogP contribution in [0.4, 0.5) is 11.4 Å². The molecule has 21 heavy (non-hydrogen) atoms. The molecular formula is C16H17N3O2. The van der Waals surface area contributed by atoms with Gasteiger partial charge in [0.05, 0.1) is 11.6 Å². The number of benzene rings is 1. The maximum absolute atomic E-state index is 11.6. The standard InChI is InChI=1S/C16H17N3O2/c1-3-10(2)19-14-13(15(20)16(14)21)18-9-12-6-4-11(8-17)5-7-12/h4-7,10,18-19H,3,9H2,1-2H3/t10-/m0/s1. The van der Waals surface area contributed by atoms with Crippen LogP contribution in [0.3, 0.4) is 0 Å². The summed E-state index contributed by atoms with van der Waals surface area (Å²) in [6.07, 6.45) is 0.869. The van der Waals surface area contributed by atoms with E-state index >= 15 is 0 Å². The highest BCUT2D eigenvalue weighted by atomic mass is 16.2. The van der Waals surface area contributed by atoms with Gasteiger partial charge in [-0.25, -0.2) is 0 Å². The number of anilines is 2. The summed E-state index contributed by atoms with van der Waals surface area (Å²) in [4.78, 5) is 23.2. The van der Waals surface area contributed by atoms with Gasteiger partial charge in [-0.05, 0) is 31.0 Å². The van der Waals surface area contributed by atoms with Gasteiger partial charge in [0.2, 0.25) is 0 Å². The molecule has 0 aliphatic rings. The molecule has 0 unspecified atom stereocenters. The quantitative estimate of drug-likeness (QED) is 0.792. The van der Waals surface area contributed by atoms with E-state index in [1.807, 2.05) is 26.0 Å². The van der Waals surface area contributed by atoms with Crippen LogP contribution in [0.25, 0.3) is 0 Å². The minimum absolute atomic E-state index is 0.142. The maximum atomic E-state index is 11.6. The van der Waals surface area contributed by atoms with Crippen molar-refractivity contribution in [3.05, 3.63) is 55.8 Å². The zero-order chi connectivity index (χ0) is 15.4. The lowest BCUT2D eigenvalue weighted by Crippen LogP contribution is -2.38. The van der Waals surface area contributed by atoms with E-state index < -0.39 is 10.9 Å². The molecule has 0 saturated carbocycles. The third-order valence-corrected chi connectivity index (χ3v) is 3.47. The normalized spacial score (nSPS) is 11.9. The maximum Gasteiger partial charge on any atom is 0.253 e. The van der Waals surface area contributed by atoms with Gasteiger partial charge in [-0.15, -0.1) is 0 Å². The SMILES string of the molecule is CC[C@H](C)Nc1c(NCc2ccc(C#N)cc2)c(=O)c1=O. The van der Waals surface area contributed by atoms with Crippen LogP contribution in [0.1, 0.15) is 31.4 Å². The summed E-state index contributed by atoms with van der Waals surface area (Å²) in [5.74, 6) is 0. The van der Waals surface area contributed by atoms with Crippen molar-refractivity contribution in [1.29, 1.82) is 5.26 Å². The summed E-state index contributed by atoms with van der Waals surface area (Å²) in [6, 6.07) is 9.27. The van der Waals surface area contributed by atoms with Crippen molar-refractivity contribution < 1.29 is 0 Å². The molecule has 1 atom stereocenters. The van der Waals surface area contributed by atoms with E-state index in [9.17, 15) is 9.59 Å². The van der Waals surface area contributed by atoms with Gasteiger partial charge in [-0.3, -0.25) is 9.59 Å². The summed E-state index contributed by atoms with van der Waals surface area (Å²) in [7, 11) is 0. The van der Waals surface area contributed by atoms with E-state index in [2.05, 4.69) is 16.7 Å². The van der Waals surface area contributed by atoms with Crippen molar-refractivity contribution in [2.75, 3.05) is 10.6 Å². The monoisotopic (exact) mass is 283 g/mol. The summed E-state index contributed by atoms with van der Waals surface area (Å²) >= 11 is 0. The van der Waals surface area contributed by atoms with Crippen LogP contribution in [0.5, 0.6) is 0 Å². The van der Waals surface area contributed by atoms with Gasteiger partial charge in [0.1, 0.15) is 11.4 Å². The van der Waals surface area contributed by atoms with Crippen molar-refractivity contribution in [2.45, 2.75) is 32.9 Å². The molecule has 2 aromatic carbocycles. The molecule has 108 valence electrons. The minimum Gasteiger partial charge on any atom is -0.378 e. The minimum atomic E-state index is -0.477. The first-order valence-corrected chi connectivity index (χ1v) is 6.89. The smallest absolute Gasteiger partial charge is 0.253 e. The molecule has 0 fully saturated rings. The van der Waals surface area contributed by atoms with Gasteiger partial charge in [0.15, 0.2) is 0 Å². The number of hydrogen-bond acceptors (Lipinski definition) is 5. The number of rotatable bonds is 6. The van der Waals surface area contributed by atoms with E-state index in [1.165, 1.54) is 0 Å². The molecule has 0 amide bonds. The Bertz CT molecular complexity index is 734. The van der Waals surface area contributed by atoms with Gasteiger partial charge < -0.3 is 10.6 Å². The molecular weight excluding hydrogens is 266 g/mol. The fourth-order valence-corrected chi connectivity index (χ4v) is 1.93. The molecule has 2 N–H and O–H groups in total. The molecule has 0 spiro atoms. The Balaban J connectivity index is 2.06. The van der Waals surface area contributed by atoms with Crippen molar-refractivity contribution in [3.8, 4) is 6.07 Å². The van der Waals surface area contributed by atoms with Crippen molar-refractivity contribution >= 4 is 11.4 Å². The molecule has 0 aliphatic heterocycles. The Hall–Kier alpha value is -2.61. The first kappa shape index (κ1) is 14.8. The highest BCUT2D eigenvalue weighted by Crippen LogP contribution is 2.17. The van der Waals surface area contributed by atoms with E-state index in [-0.39, 0.29) is 6.04 Å². The third-order valence-electron chi connectivity index (χ3n) is 3.47. The molecule has 0 aromatic heterocycles. The zero-order valence-electron chi connectivity index (χ0n) is 12.1. The predicted octanol–water partition coefficient (Wildman–Crippen LogP) is 1.98.